The van der Waals surface area contributed by atoms with Gasteiger partial charge < -0.3 is 9.47 Å². The van der Waals surface area contributed by atoms with Crippen molar-refractivity contribution in [1.29, 1.82) is 0 Å². The monoisotopic (exact) mass is 362 g/mol. The van der Waals surface area contributed by atoms with E-state index in [1.165, 1.54) is 11.1 Å². The highest BCUT2D eigenvalue weighted by atomic mass is 16.6. The van der Waals surface area contributed by atoms with Gasteiger partial charge in [0.05, 0.1) is 12.2 Å². The van der Waals surface area contributed by atoms with Crippen LogP contribution in [0.4, 0.5) is 0 Å². The maximum Gasteiger partial charge on any atom is 0.338 e. The number of carbonyl (C=O) groups is 1. The standard InChI is InChI=1S/C23H38O3/c1-5-8-11-14-22(18-25-4)26-23(24)21-16-19(12-9-6-2)15-20(17-21)13-10-7-3/h15-17,22H,5-14,18H2,1-4H3. The Kier molecular flexibility index (Phi) is 12.0. The first-order valence-corrected chi connectivity index (χ1v) is 10.5. The zero-order valence-electron chi connectivity index (χ0n) is 17.3. The minimum Gasteiger partial charge on any atom is -0.456 e. The van der Waals surface area contributed by atoms with Crippen molar-refractivity contribution >= 4 is 5.97 Å². The summed E-state index contributed by atoms with van der Waals surface area (Å²) in [6.45, 7) is 7.04. The van der Waals surface area contributed by atoms with Crippen molar-refractivity contribution in [3.8, 4) is 0 Å². The number of unbranched alkanes of at least 4 members (excludes halogenated alkanes) is 4. The molecule has 1 aromatic rings. The second kappa shape index (κ2) is 13.8. The van der Waals surface area contributed by atoms with Gasteiger partial charge in [-0.15, -0.1) is 0 Å². The zero-order valence-corrected chi connectivity index (χ0v) is 17.3. The average Bonchev–Trinajstić information content (AvgIpc) is 2.64. The SMILES string of the molecule is CCCCCC(COC)OC(=O)c1cc(CCCC)cc(CCCC)c1. The summed E-state index contributed by atoms with van der Waals surface area (Å²) in [5.41, 5.74) is 3.20. The van der Waals surface area contributed by atoms with Gasteiger partial charge in [0, 0.05) is 7.11 Å². The predicted molar refractivity (Wildman–Crippen MR) is 109 cm³/mol. The third kappa shape index (κ3) is 8.84. The molecule has 0 saturated heterocycles. The molecule has 26 heavy (non-hydrogen) atoms. The maximum atomic E-state index is 12.7. The zero-order chi connectivity index (χ0) is 19.2. The third-order valence-electron chi connectivity index (χ3n) is 4.68. The van der Waals surface area contributed by atoms with Gasteiger partial charge >= 0.3 is 5.97 Å². The van der Waals surface area contributed by atoms with Crippen molar-refractivity contribution in [2.45, 2.75) is 91.1 Å². The molecule has 0 spiro atoms. The van der Waals surface area contributed by atoms with Crippen molar-refractivity contribution in [1.82, 2.24) is 0 Å². The summed E-state index contributed by atoms with van der Waals surface area (Å²) < 4.78 is 11.0. The highest BCUT2D eigenvalue weighted by Gasteiger charge is 2.17. The molecule has 1 rings (SSSR count). The summed E-state index contributed by atoms with van der Waals surface area (Å²) in [5, 5.41) is 0. The molecule has 0 heterocycles. The summed E-state index contributed by atoms with van der Waals surface area (Å²) >= 11 is 0. The average molecular weight is 363 g/mol. The Morgan fingerprint density at radius 2 is 1.46 bits per heavy atom. The quantitative estimate of drug-likeness (QED) is 0.295. The van der Waals surface area contributed by atoms with Crippen LogP contribution in [-0.4, -0.2) is 25.8 Å². The molecule has 0 bridgehead atoms. The number of hydrogen-bond acceptors (Lipinski definition) is 3. The minimum atomic E-state index is -0.209. The van der Waals surface area contributed by atoms with Gasteiger partial charge in [-0.2, -0.15) is 0 Å². The topological polar surface area (TPSA) is 35.5 Å². The predicted octanol–water partition coefficient (Wildman–Crippen LogP) is 6.12. The van der Waals surface area contributed by atoms with Crippen LogP contribution in [0.1, 0.15) is 93.6 Å². The highest BCUT2D eigenvalue weighted by molar-refractivity contribution is 5.90. The molecule has 0 aliphatic heterocycles. The number of hydrogen-bond donors (Lipinski definition) is 0. The van der Waals surface area contributed by atoms with Crippen molar-refractivity contribution in [3.63, 3.8) is 0 Å². The molecule has 0 aliphatic rings. The molecule has 3 nitrogen and oxygen atoms in total. The summed E-state index contributed by atoms with van der Waals surface area (Å²) in [6, 6.07) is 6.29. The fourth-order valence-electron chi connectivity index (χ4n) is 3.13. The summed E-state index contributed by atoms with van der Waals surface area (Å²) in [4.78, 5) is 12.7. The van der Waals surface area contributed by atoms with E-state index in [1.807, 2.05) is 12.1 Å². The van der Waals surface area contributed by atoms with Crippen LogP contribution in [0.2, 0.25) is 0 Å². The molecule has 0 aliphatic carbocycles. The molecule has 0 saturated carbocycles. The number of methoxy groups -OCH3 is 1. The van der Waals surface area contributed by atoms with Gasteiger partial charge in [-0.3, -0.25) is 0 Å². The Morgan fingerprint density at radius 3 is 1.96 bits per heavy atom. The van der Waals surface area contributed by atoms with Crippen LogP contribution < -0.4 is 0 Å². The number of carbonyl (C=O) groups excluding carboxylic acids is 1. The first-order chi connectivity index (χ1) is 12.6. The fraction of sp³-hybridized carbons (Fsp3) is 0.696. The van der Waals surface area contributed by atoms with Crippen LogP contribution in [0.25, 0.3) is 0 Å². The van der Waals surface area contributed by atoms with Crippen LogP contribution in [0, 0.1) is 0 Å². The number of aryl methyl sites for hydroxylation is 2. The summed E-state index contributed by atoms with van der Waals surface area (Å²) in [5.74, 6) is -0.209. The molecule has 0 amide bonds. The van der Waals surface area contributed by atoms with E-state index in [0.29, 0.717) is 12.2 Å². The number of esters is 1. The first-order valence-electron chi connectivity index (χ1n) is 10.5. The molecular formula is C23H38O3. The van der Waals surface area contributed by atoms with Crippen LogP contribution >= 0.6 is 0 Å². The molecule has 1 aromatic carbocycles. The van der Waals surface area contributed by atoms with Crippen LogP contribution in [0.3, 0.4) is 0 Å². The van der Waals surface area contributed by atoms with E-state index >= 15 is 0 Å². The van der Waals surface area contributed by atoms with Gasteiger partial charge in [0.15, 0.2) is 0 Å². The molecule has 0 aromatic heterocycles. The van der Waals surface area contributed by atoms with Crippen molar-refractivity contribution in [2.24, 2.45) is 0 Å². The Bertz CT molecular complexity index is 484. The lowest BCUT2D eigenvalue weighted by molar-refractivity contribution is 0.00239. The second-order valence-corrected chi connectivity index (χ2v) is 7.22. The van der Waals surface area contributed by atoms with E-state index < -0.39 is 0 Å². The molecule has 148 valence electrons. The second-order valence-electron chi connectivity index (χ2n) is 7.22. The largest absolute Gasteiger partial charge is 0.456 e. The Labute approximate surface area is 160 Å². The van der Waals surface area contributed by atoms with Crippen LogP contribution in [0.5, 0.6) is 0 Å². The van der Waals surface area contributed by atoms with E-state index in [1.54, 1.807) is 7.11 Å². The maximum absolute atomic E-state index is 12.7. The van der Waals surface area contributed by atoms with Crippen LogP contribution in [-0.2, 0) is 22.3 Å². The fourth-order valence-corrected chi connectivity index (χ4v) is 3.13. The van der Waals surface area contributed by atoms with Crippen molar-refractivity contribution in [3.05, 3.63) is 34.9 Å². The molecule has 1 unspecified atom stereocenters. The van der Waals surface area contributed by atoms with Gasteiger partial charge in [0.2, 0.25) is 0 Å². The molecule has 3 heteroatoms. The summed E-state index contributed by atoms with van der Waals surface area (Å²) in [6.07, 6.45) is 10.8. The van der Waals surface area contributed by atoms with E-state index in [-0.39, 0.29) is 12.1 Å². The van der Waals surface area contributed by atoms with Gasteiger partial charge in [-0.25, -0.2) is 4.79 Å². The van der Waals surface area contributed by atoms with E-state index in [4.69, 9.17) is 9.47 Å². The molecule has 1 atom stereocenters. The molecular weight excluding hydrogens is 324 g/mol. The van der Waals surface area contributed by atoms with Gasteiger partial charge in [-0.05, 0) is 61.8 Å². The van der Waals surface area contributed by atoms with E-state index in [9.17, 15) is 4.79 Å². The Balaban J connectivity index is 2.85. The Morgan fingerprint density at radius 1 is 0.885 bits per heavy atom. The van der Waals surface area contributed by atoms with E-state index in [0.717, 1.165) is 64.2 Å². The summed E-state index contributed by atoms with van der Waals surface area (Å²) in [7, 11) is 1.66. The van der Waals surface area contributed by atoms with Crippen LogP contribution in [0.15, 0.2) is 18.2 Å². The third-order valence-corrected chi connectivity index (χ3v) is 4.68. The Hall–Kier alpha value is -1.35. The number of benzene rings is 1. The minimum absolute atomic E-state index is 0.155. The lowest BCUT2D eigenvalue weighted by Crippen LogP contribution is -2.23. The number of rotatable bonds is 14. The molecule has 0 fully saturated rings. The van der Waals surface area contributed by atoms with Crippen molar-refractivity contribution < 1.29 is 14.3 Å². The van der Waals surface area contributed by atoms with E-state index in [2.05, 4.69) is 26.8 Å². The van der Waals surface area contributed by atoms with Gasteiger partial charge in [0.25, 0.3) is 0 Å². The molecule has 0 radical (unpaired) electrons. The lowest BCUT2D eigenvalue weighted by atomic mass is 9.98. The van der Waals surface area contributed by atoms with Crippen molar-refractivity contribution in [2.75, 3.05) is 13.7 Å². The van der Waals surface area contributed by atoms with Gasteiger partial charge in [0.1, 0.15) is 6.10 Å². The first kappa shape index (κ1) is 22.7. The lowest BCUT2D eigenvalue weighted by Gasteiger charge is -2.18. The van der Waals surface area contributed by atoms with Gasteiger partial charge in [-0.1, -0.05) is 52.5 Å². The highest BCUT2D eigenvalue weighted by Crippen LogP contribution is 2.18. The number of ether oxygens (including phenoxy) is 2. The smallest absolute Gasteiger partial charge is 0.338 e. The normalized spacial score (nSPS) is 12.2. The molecule has 0 N–H and O–H groups in total.